The molecule has 0 fully saturated rings. The molecule has 154 valence electrons. The van der Waals surface area contributed by atoms with E-state index in [0.717, 1.165) is 5.56 Å². The van der Waals surface area contributed by atoms with Gasteiger partial charge in [-0.2, -0.15) is 10.2 Å². The van der Waals surface area contributed by atoms with Crippen LogP contribution in [0.2, 0.25) is 5.02 Å². The first-order valence-corrected chi connectivity index (χ1v) is 9.98. The number of hydrogen-bond acceptors (Lipinski definition) is 5. The average Bonchev–Trinajstić information content (AvgIpc) is 3.38. The third-order valence-corrected chi connectivity index (χ3v) is 5.10. The Balaban J connectivity index is 1.50. The molecule has 3 aromatic heterocycles. The standard InChI is InChI=1S/C19H15BrClFN6O2/c1-11-15(9-27-8-13(21)6-23-27)17(26-30-11)19(29)24-18-16(20)10-28(25-18)7-12-2-4-14(22)5-3-12/h2-6,8,10H,7,9H2,1H3,(H,24,25,29). The molecular weight excluding hydrogens is 479 g/mol. The Kier molecular flexibility index (Phi) is 5.69. The quantitative estimate of drug-likeness (QED) is 0.433. The Labute approximate surface area is 183 Å². The predicted octanol–water partition coefficient (Wildman–Crippen LogP) is 4.28. The number of nitrogens with one attached hydrogen (secondary N) is 1. The molecule has 8 nitrogen and oxygen atoms in total. The first kappa shape index (κ1) is 20.3. The molecule has 0 unspecified atom stereocenters. The molecule has 1 N–H and O–H groups in total. The van der Waals surface area contributed by atoms with E-state index in [9.17, 15) is 9.18 Å². The Bertz CT molecular complexity index is 1200. The number of rotatable bonds is 6. The van der Waals surface area contributed by atoms with E-state index in [1.165, 1.54) is 18.3 Å². The molecule has 0 radical (unpaired) electrons. The van der Waals surface area contributed by atoms with E-state index >= 15 is 0 Å². The van der Waals surface area contributed by atoms with Crippen molar-refractivity contribution in [2.45, 2.75) is 20.0 Å². The molecular formula is C19H15BrClFN6O2. The van der Waals surface area contributed by atoms with Gasteiger partial charge in [-0.1, -0.05) is 28.9 Å². The molecule has 1 amide bonds. The van der Waals surface area contributed by atoms with Gasteiger partial charge in [0.1, 0.15) is 11.6 Å². The van der Waals surface area contributed by atoms with Crippen LogP contribution >= 0.6 is 27.5 Å². The summed E-state index contributed by atoms with van der Waals surface area (Å²) in [5.41, 5.74) is 1.60. The molecule has 0 aliphatic heterocycles. The van der Waals surface area contributed by atoms with Crippen LogP contribution in [0.15, 0.2) is 51.9 Å². The fraction of sp³-hybridized carbons (Fsp3) is 0.158. The molecule has 4 aromatic rings. The number of hydrogen-bond donors (Lipinski definition) is 1. The van der Waals surface area contributed by atoms with Crippen molar-refractivity contribution in [2.24, 2.45) is 0 Å². The number of benzene rings is 1. The van der Waals surface area contributed by atoms with Gasteiger partial charge in [-0.15, -0.1) is 0 Å². The second kappa shape index (κ2) is 8.41. The predicted molar refractivity (Wildman–Crippen MR) is 111 cm³/mol. The van der Waals surface area contributed by atoms with E-state index in [1.54, 1.807) is 40.8 Å². The lowest BCUT2D eigenvalue weighted by Crippen LogP contribution is -2.17. The summed E-state index contributed by atoms with van der Waals surface area (Å²) in [6, 6.07) is 6.12. The van der Waals surface area contributed by atoms with E-state index in [0.29, 0.717) is 33.2 Å². The maximum atomic E-state index is 13.1. The van der Waals surface area contributed by atoms with Crippen LogP contribution in [0, 0.1) is 12.7 Å². The summed E-state index contributed by atoms with van der Waals surface area (Å²) in [5.74, 6) is 0.0702. The molecule has 0 aliphatic rings. The number of aromatic nitrogens is 5. The number of anilines is 1. The zero-order chi connectivity index (χ0) is 21.3. The minimum atomic E-state index is -0.465. The van der Waals surface area contributed by atoms with Crippen molar-refractivity contribution in [1.29, 1.82) is 0 Å². The highest BCUT2D eigenvalue weighted by Gasteiger charge is 2.22. The van der Waals surface area contributed by atoms with Crippen LogP contribution in [0.25, 0.3) is 0 Å². The average molecular weight is 494 g/mol. The minimum Gasteiger partial charge on any atom is -0.361 e. The number of nitrogens with zero attached hydrogens (tertiary/aromatic N) is 5. The molecule has 4 rings (SSSR count). The third kappa shape index (κ3) is 4.44. The fourth-order valence-corrected chi connectivity index (χ4v) is 3.42. The molecule has 0 bridgehead atoms. The summed E-state index contributed by atoms with van der Waals surface area (Å²) in [5, 5.41) is 15.6. The van der Waals surface area contributed by atoms with Crippen molar-refractivity contribution < 1.29 is 13.7 Å². The number of amides is 1. The van der Waals surface area contributed by atoms with Crippen LogP contribution in [0.3, 0.4) is 0 Å². The second-order valence-corrected chi connectivity index (χ2v) is 7.82. The van der Waals surface area contributed by atoms with Crippen LogP contribution in [0.5, 0.6) is 0 Å². The normalized spacial score (nSPS) is 11.1. The van der Waals surface area contributed by atoms with Gasteiger partial charge in [0.05, 0.1) is 28.8 Å². The van der Waals surface area contributed by atoms with Crippen LogP contribution in [-0.2, 0) is 13.1 Å². The highest BCUT2D eigenvalue weighted by molar-refractivity contribution is 9.10. The van der Waals surface area contributed by atoms with Crippen LogP contribution in [-0.4, -0.2) is 30.6 Å². The second-order valence-electron chi connectivity index (χ2n) is 6.53. The van der Waals surface area contributed by atoms with Gasteiger partial charge in [0, 0.05) is 18.0 Å². The molecule has 11 heteroatoms. The largest absolute Gasteiger partial charge is 0.361 e. The van der Waals surface area contributed by atoms with Gasteiger partial charge in [0.15, 0.2) is 11.5 Å². The lowest BCUT2D eigenvalue weighted by atomic mass is 10.2. The van der Waals surface area contributed by atoms with Gasteiger partial charge < -0.3 is 9.84 Å². The number of carbonyl (C=O) groups excluding carboxylic acids is 1. The monoisotopic (exact) mass is 492 g/mol. The molecule has 1 aromatic carbocycles. The number of halogens is 3. The third-order valence-electron chi connectivity index (χ3n) is 4.33. The first-order valence-electron chi connectivity index (χ1n) is 8.81. The van der Waals surface area contributed by atoms with Crippen molar-refractivity contribution in [3.8, 4) is 0 Å². The lowest BCUT2D eigenvalue weighted by molar-refractivity contribution is 0.101. The molecule has 30 heavy (non-hydrogen) atoms. The molecule has 3 heterocycles. The summed E-state index contributed by atoms with van der Waals surface area (Å²) >= 11 is 9.29. The lowest BCUT2D eigenvalue weighted by Gasteiger charge is -2.04. The van der Waals surface area contributed by atoms with E-state index in [-0.39, 0.29) is 18.1 Å². The van der Waals surface area contributed by atoms with Crippen molar-refractivity contribution in [1.82, 2.24) is 24.7 Å². The summed E-state index contributed by atoms with van der Waals surface area (Å²) in [6.45, 7) is 2.42. The van der Waals surface area contributed by atoms with E-state index in [1.807, 2.05) is 0 Å². The minimum absolute atomic E-state index is 0.138. The molecule has 0 saturated carbocycles. The number of carbonyl (C=O) groups is 1. The van der Waals surface area contributed by atoms with Crippen LogP contribution in [0.4, 0.5) is 10.2 Å². The summed E-state index contributed by atoms with van der Waals surface area (Å²) < 4.78 is 22.1. The van der Waals surface area contributed by atoms with Gasteiger partial charge in [-0.25, -0.2) is 4.39 Å². The Morgan fingerprint density at radius 2 is 2.00 bits per heavy atom. The highest BCUT2D eigenvalue weighted by atomic mass is 79.9. The summed E-state index contributed by atoms with van der Waals surface area (Å²) in [6.07, 6.45) is 4.87. The van der Waals surface area contributed by atoms with Gasteiger partial charge in [0.2, 0.25) is 0 Å². The smallest absolute Gasteiger partial charge is 0.279 e. The van der Waals surface area contributed by atoms with E-state index in [4.69, 9.17) is 16.1 Å². The zero-order valence-electron chi connectivity index (χ0n) is 15.6. The maximum absolute atomic E-state index is 13.1. The Morgan fingerprint density at radius 3 is 2.70 bits per heavy atom. The Hall–Kier alpha value is -2.98. The fourth-order valence-electron chi connectivity index (χ4n) is 2.85. The summed E-state index contributed by atoms with van der Waals surface area (Å²) in [4.78, 5) is 12.8. The molecule has 0 aliphatic carbocycles. The Morgan fingerprint density at radius 1 is 1.23 bits per heavy atom. The van der Waals surface area contributed by atoms with E-state index in [2.05, 4.69) is 36.6 Å². The van der Waals surface area contributed by atoms with Crippen molar-refractivity contribution >= 4 is 39.3 Å². The van der Waals surface area contributed by atoms with Gasteiger partial charge >= 0.3 is 0 Å². The maximum Gasteiger partial charge on any atom is 0.279 e. The molecule has 0 atom stereocenters. The summed E-state index contributed by atoms with van der Waals surface area (Å²) in [7, 11) is 0. The van der Waals surface area contributed by atoms with Gasteiger partial charge in [-0.05, 0) is 40.5 Å². The van der Waals surface area contributed by atoms with Crippen molar-refractivity contribution in [2.75, 3.05) is 5.32 Å². The van der Waals surface area contributed by atoms with Crippen LogP contribution < -0.4 is 5.32 Å². The van der Waals surface area contributed by atoms with E-state index < -0.39 is 5.91 Å². The molecule has 0 saturated heterocycles. The highest BCUT2D eigenvalue weighted by Crippen LogP contribution is 2.23. The van der Waals surface area contributed by atoms with Crippen molar-refractivity contribution in [3.05, 3.63) is 80.7 Å². The zero-order valence-corrected chi connectivity index (χ0v) is 18.0. The van der Waals surface area contributed by atoms with Crippen LogP contribution in [0.1, 0.15) is 27.4 Å². The number of aryl methyl sites for hydroxylation is 1. The van der Waals surface area contributed by atoms with Gasteiger partial charge in [0.25, 0.3) is 5.91 Å². The SMILES string of the molecule is Cc1onc(C(=O)Nc2nn(Cc3ccc(F)cc3)cc2Br)c1Cn1cc(Cl)cn1. The topological polar surface area (TPSA) is 90.8 Å². The first-order chi connectivity index (χ1) is 14.4. The molecule has 0 spiro atoms. The van der Waals surface area contributed by atoms with Gasteiger partial charge in [-0.3, -0.25) is 14.2 Å². The van der Waals surface area contributed by atoms with Crippen molar-refractivity contribution in [3.63, 3.8) is 0 Å².